The Hall–Kier alpha value is -2.19. The summed E-state index contributed by atoms with van der Waals surface area (Å²) in [5.74, 6) is 2.22. The molecule has 0 aliphatic carbocycles. The van der Waals surface area contributed by atoms with Crippen molar-refractivity contribution in [2.45, 2.75) is 51.4 Å². The molecule has 200 valence electrons. The predicted octanol–water partition coefficient (Wildman–Crippen LogP) is 5.02. The molecular formula is C28H43ClN4O3. The summed E-state index contributed by atoms with van der Waals surface area (Å²) in [6, 6.07) is 12.5. The van der Waals surface area contributed by atoms with E-state index in [0.29, 0.717) is 10.8 Å². The smallest absolute Gasteiger partial charge is 0.163 e. The van der Waals surface area contributed by atoms with Gasteiger partial charge < -0.3 is 24.8 Å². The van der Waals surface area contributed by atoms with Crippen LogP contribution in [0.3, 0.4) is 0 Å². The Morgan fingerprint density at radius 3 is 2.22 bits per heavy atom. The van der Waals surface area contributed by atoms with Crippen molar-refractivity contribution < 1.29 is 14.2 Å². The van der Waals surface area contributed by atoms with Crippen LogP contribution in [0.2, 0.25) is 5.02 Å². The van der Waals surface area contributed by atoms with Crippen LogP contribution >= 0.6 is 11.6 Å². The first kappa shape index (κ1) is 28.4. The second-order valence-electron chi connectivity index (χ2n) is 10.5. The number of benzene rings is 2. The van der Waals surface area contributed by atoms with E-state index in [1.165, 1.54) is 5.56 Å². The highest BCUT2D eigenvalue weighted by molar-refractivity contribution is 6.32. The Bertz CT molecular complexity index is 987. The topological polar surface area (TPSA) is 63.4 Å². The van der Waals surface area contributed by atoms with Crippen LogP contribution in [0.15, 0.2) is 36.4 Å². The molecular weight excluding hydrogens is 476 g/mol. The molecule has 0 saturated carbocycles. The zero-order valence-corrected chi connectivity index (χ0v) is 23.6. The monoisotopic (exact) mass is 518 g/mol. The van der Waals surface area contributed by atoms with E-state index in [1.807, 2.05) is 46.1 Å². The molecule has 2 N–H and O–H groups in total. The molecule has 0 amide bonds. The average molecular weight is 519 g/mol. The van der Waals surface area contributed by atoms with Gasteiger partial charge in [-0.1, -0.05) is 17.7 Å². The second kappa shape index (κ2) is 12.4. The van der Waals surface area contributed by atoms with E-state index in [0.717, 1.165) is 56.2 Å². The lowest BCUT2D eigenvalue weighted by molar-refractivity contribution is 0.0482. The number of rotatable bonds is 11. The minimum absolute atomic E-state index is 0.0791. The van der Waals surface area contributed by atoms with E-state index >= 15 is 0 Å². The second-order valence-corrected chi connectivity index (χ2v) is 10.9. The number of hydrogen-bond donors (Lipinski definition) is 1. The van der Waals surface area contributed by atoms with Crippen LogP contribution in [0, 0.1) is 0 Å². The van der Waals surface area contributed by atoms with Crippen LogP contribution < -0.4 is 24.8 Å². The lowest BCUT2D eigenvalue weighted by Crippen LogP contribution is -2.47. The fourth-order valence-corrected chi connectivity index (χ4v) is 4.72. The molecule has 1 saturated heterocycles. The van der Waals surface area contributed by atoms with E-state index in [1.54, 1.807) is 14.2 Å². The fraction of sp³-hybridized carbons (Fsp3) is 0.571. The van der Waals surface area contributed by atoms with Gasteiger partial charge in [0.2, 0.25) is 0 Å². The highest BCUT2D eigenvalue weighted by Gasteiger charge is 2.25. The highest BCUT2D eigenvalue weighted by atomic mass is 35.5. The standard InChI is InChI=1S/C28H43ClN4O3/c1-20(32-14-16-33(17-15-32)22-9-10-23(29)25(19-22)34-6)21-8-11-24(26(18-21)35-7)36-27(31(4)5)12-13-28(2,3)30/h8-11,18-20,27H,12-17,30H2,1-7H3. The molecule has 2 aromatic rings. The van der Waals surface area contributed by atoms with Gasteiger partial charge in [0.15, 0.2) is 17.7 Å². The van der Waals surface area contributed by atoms with E-state index in [2.05, 4.69) is 39.8 Å². The Morgan fingerprint density at radius 1 is 0.972 bits per heavy atom. The molecule has 8 heteroatoms. The van der Waals surface area contributed by atoms with Gasteiger partial charge in [0.25, 0.3) is 0 Å². The molecule has 36 heavy (non-hydrogen) atoms. The van der Waals surface area contributed by atoms with Crippen molar-refractivity contribution in [1.29, 1.82) is 0 Å². The van der Waals surface area contributed by atoms with Crippen LogP contribution in [0.25, 0.3) is 0 Å². The van der Waals surface area contributed by atoms with Gasteiger partial charge in [0, 0.05) is 49.5 Å². The Balaban J connectivity index is 1.65. The van der Waals surface area contributed by atoms with Crippen LogP contribution in [0.4, 0.5) is 5.69 Å². The van der Waals surface area contributed by atoms with Gasteiger partial charge in [-0.15, -0.1) is 0 Å². The SMILES string of the molecule is COc1cc(N2CCN(C(C)c3ccc(OC(CCC(C)(C)N)N(C)C)c(OC)c3)CC2)ccc1Cl. The minimum atomic E-state index is -0.232. The fourth-order valence-electron chi connectivity index (χ4n) is 4.53. The molecule has 1 aliphatic rings. The quantitative estimate of drug-likeness (QED) is 0.419. The van der Waals surface area contributed by atoms with E-state index < -0.39 is 0 Å². The highest BCUT2D eigenvalue weighted by Crippen LogP contribution is 2.35. The Kier molecular flexibility index (Phi) is 9.75. The molecule has 0 radical (unpaired) electrons. The third kappa shape index (κ3) is 7.42. The van der Waals surface area contributed by atoms with Crippen molar-refractivity contribution in [3.8, 4) is 17.2 Å². The summed E-state index contributed by atoms with van der Waals surface area (Å²) in [5.41, 5.74) is 8.32. The van der Waals surface area contributed by atoms with Gasteiger partial charge in [-0.2, -0.15) is 0 Å². The number of piperazine rings is 1. The first-order valence-electron chi connectivity index (χ1n) is 12.6. The Labute approximate surface area is 222 Å². The molecule has 0 spiro atoms. The van der Waals surface area contributed by atoms with Gasteiger partial charge in [0.05, 0.1) is 19.2 Å². The lowest BCUT2D eigenvalue weighted by Gasteiger charge is -2.39. The summed E-state index contributed by atoms with van der Waals surface area (Å²) in [7, 11) is 7.40. The van der Waals surface area contributed by atoms with Crippen LogP contribution in [-0.2, 0) is 0 Å². The van der Waals surface area contributed by atoms with Gasteiger partial charge in [-0.3, -0.25) is 9.80 Å². The van der Waals surface area contributed by atoms with E-state index in [-0.39, 0.29) is 17.8 Å². The summed E-state index contributed by atoms with van der Waals surface area (Å²) in [6.07, 6.45) is 1.62. The normalized spacial score (nSPS) is 16.7. The van der Waals surface area contributed by atoms with E-state index in [9.17, 15) is 0 Å². The first-order valence-corrected chi connectivity index (χ1v) is 13.0. The first-order chi connectivity index (χ1) is 17.0. The van der Waals surface area contributed by atoms with Gasteiger partial charge in [-0.05, 0) is 77.5 Å². The molecule has 3 rings (SSSR count). The van der Waals surface area contributed by atoms with Crippen molar-refractivity contribution in [3.05, 3.63) is 47.0 Å². The van der Waals surface area contributed by atoms with Gasteiger partial charge >= 0.3 is 0 Å². The molecule has 0 aromatic heterocycles. The van der Waals surface area contributed by atoms with E-state index in [4.69, 9.17) is 31.5 Å². The summed E-state index contributed by atoms with van der Waals surface area (Å²) in [4.78, 5) is 6.96. The van der Waals surface area contributed by atoms with Crippen molar-refractivity contribution in [2.24, 2.45) is 5.73 Å². The molecule has 2 aromatic carbocycles. The third-order valence-corrected chi connectivity index (χ3v) is 7.22. The zero-order valence-electron chi connectivity index (χ0n) is 22.9. The molecule has 7 nitrogen and oxygen atoms in total. The molecule has 2 unspecified atom stereocenters. The Morgan fingerprint density at radius 2 is 1.64 bits per heavy atom. The number of nitrogens with zero attached hydrogens (tertiary/aromatic N) is 3. The van der Waals surface area contributed by atoms with Crippen molar-refractivity contribution in [1.82, 2.24) is 9.80 Å². The van der Waals surface area contributed by atoms with Crippen molar-refractivity contribution in [3.63, 3.8) is 0 Å². The van der Waals surface area contributed by atoms with Crippen molar-refractivity contribution in [2.75, 3.05) is 59.4 Å². The number of ether oxygens (including phenoxy) is 3. The predicted molar refractivity (Wildman–Crippen MR) is 149 cm³/mol. The molecule has 1 fully saturated rings. The third-order valence-electron chi connectivity index (χ3n) is 6.91. The van der Waals surface area contributed by atoms with Gasteiger partial charge in [-0.25, -0.2) is 0 Å². The summed E-state index contributed by atoms with van der Waals surface area (Å²) in [6.45, 7) is 10.1. The molecule has 1 aliphatic heterocycles. The minimum Gasteiger partial charge on any atom is -0.495 e. The van der Waals surface area contributed by atoms with Crippen molar-refractivity contribution >= 4 is 17.3 Å². The number of halogens is 1. The number of methoxy groups -OCH3 is 2. The largest absolute Gasteiger partial charge is 0.495 e. The summed E-state index contributed by atoms with van der Waals surface area (Å²) in [5, 5.41) is 0.634. The lowest BCUT2D eigenvalue weighted by atomic mass is 9.99. The number of nitrogens with two attached hydrogens (primary N) is 1. The van der Waals surface area contributed by atoms with Crippen LogP contribution in [0.1, 0.15) is 45.2 Å². The van der Waals surface area contributed by atoms with Crippen LogP contribution in [-0.4, -0.2) is 76.1 Å². The van der Waals surface area contributed by atoms with Gasteiger partial charge in [0.1, 0.15) is 5.75 Å². The molecule has 0 bridgehead atoms. The average Bonchev–Trinajstić information content (AvgIpc) is 2.85. The summed E-state index contributed by atoms with van der Waals surface area (Å²) >= 11 is 6.20. The van der Waals surface area contributed by atoms with Crippen LogP contribution in [0.5, 0.6) is 17.2 Å². The summed E-state index contributed by atoms with van der Waals surface area (Å²) < 4.78 is 17.5. The molecule has 2 atom stereocenters. The number of anilines is 1. The molecule has 1 heterocycles. The number of hydrogen-bond acceptors (Lipinski definition) is 7. The maximum absolute atomic E-state index is 6.37. The maximum Gasteiger partial charge on any atom is 0.163 e. The zero-order chi connectivity index (χ0) is 26.5. The maximum atomic E-state index is 6.37.